The fourth-order valence-electron chi connectivity index (χ4n) is 2.46. The summed E-state index contributed by atoms with van der Waals surface area (Å²) in [6.45, 7) is 1.96. The fraction of sp³-hybridized carbons (Fsp3) is 0.400. The number of aryl methyl sites for hydroxylation is 1. The van der Waals surface area contributed by atoms with Gasteiger partial charge in [0.15, 0.2) is 0 Å². The maximum absolute atomic E-state index is 9.59. The predicted molar refractivity (Wildman–Crippen MR) is 72.3 cm³/mol. The van der Waals surface area contributed by atoms with Crippen molar-refractivity contribution in [3.63, 3.8) is 0 Å². The molecule has 0 radical (unpaired) electrons. The van der Waals surface area contributed by atoms with Crippen molar-refractivity contribution in [3.8, 4) is 5.75 Å². The standard InChI is InChI=1S/C15H17NO3/c1-9-6-7-10-4-3-5-12(14(10)16-9)19-13-8-11(17)15(13)18-2/h3-7,11,13,15,17H,8H2,1-2H3. The van der Waals surface area contributed by atoms with Gasteiger partial charge < -0.3 is 14.6 Å². The summed E-state index contributed by atoms with van der Waals surface area (Å²) in [4.78, 5) is 4.53. The molecule has 1 fully saturated rings. The molecule has 1 N–H and O–H groups in total. The van der Waals surface area contributed by atoms with Crippen molar-refractivity contribution < 1.29 is 14.6 Å². The van der Waals surface area contributed by atoms with Gasteiger partial charge >= 0.3 is 0 Å². The van der Waals surface area contributed by atoms with Gasteiger partial charge in [-0.05, 0) is 19.1 Å². The first-order valence-corrected chi connectivity index (χ1v) is 6.43. The number of benzene rings is 1. The molecule has 1 aromatic heterocycles. The molecule has 0 spiro atoms. The van der Waals surface area contributed by atoms with Crippen molar-refractivity contribution in [1.29, 1.82) is 0 Å². The Hall–Kier alpha value is -1.65. The third-order valence-corrected chi connectivity index (χ3v) is 3.59. The van der Waals surface area contributed by atoms with Gasteiger partial charge in [-0.2, -0.15) is 0 Å². The molecular weight excluding hydrogens is 242 g/mol. The molecule has 19 heavy (non-hydrogen) atoms. The van der Waals surface area contributed by atoms with E-state index in [4.69, 9.17) is 9.47 Å². The molecule has 1 aromatic carbocycles. The van der Waals surface area contributed by atoms with Crippen LogP contribution in [0.5, 0.6) is 5.75 Å². The van der Waals surface area contributed by atoms with E-state index >= 15 is 0 Å². The first-order valence-electron chi connectivity index (χ1n) is 6.43. The van der Waals surface area contributed by atoms with Gasteiger partial charge in [0.1, 0.15) is 23.5 Å². The van der Waals surface area contributed by atoms with E-state index in [2.05, 4.69) is 4.98 Å². The van der Waals surface area contributed by atoms with Crippen molar-refractivity contribution in [3.05, 3.63) is 36.0 Å². The first-order chi connectivity index (χ1) is 9.19. The molecule has 2 aromatic rings. The quantitative estimate of drug-likeness (QED) is 0.916. The average molecular weight is 259 g/mol. The van der Waals surface area contributed by atoms with Gasteiger partial charge in [-0.25, -0.2) is 4.98 Å². The van der Waals surface area contributed by atoms with Gasteiger partial charge in [0.2, 0.25) is 0 Å². The molecule has 1 aliphatic carbocycles. The summed E-state index contributed by atoms with van der Waals surface area (Å²) in [5, 5.41) is 10.6. The number of rotatable bonds is 3. The Balaban J connectivity index is 1.91. The molecule has 3 unspecified atom stereocenters. The molecular formula is C15H17NO3. The molecule has 100 valence electrons. The van der Waals surface area contributed by atoms with Gasteiger partial charge in [-0.15, -0.1) is 0 Å². The molecule has 1 saturated carbocycles. The monoisotopic (exact) mass is 259 g/mol. The summed E-state index contributed by atoms with van der Waals surface area (Å²) in [5.74, 6) is 0.750. The van der Waals surface area contributed by atoms with E-state index in [1.165, 1.54) is 0 Å². The minimum Gasteiger partial charge on any atom is -0.485 e. The van der Waals surface area contributed by atoms with Crippen LogP contribution in [0.4, 0.5) is 0 Å². The van der Waals surface area contributed by atoms with Crippen molar-refractivity contribution in [2.45, 2.75) is 31.7 Å². The van der Waals surface area contributed by atoms with Crippen LogP contribution in [-0.4, -0.2) is 35.5 Å². The van der Waals surface area contributed by atoms with Gasteiger partial charge in [0, 0.05) is 24.6 Å². The van der Waals surface area contributed by atoms with Crippen LogP contribution in [0.3, 0.4) is 0 Å². The van der Waals surface area contributed by atoms with Crippen LogP contribution < -0.4 is 4.74 Å². The highest BCUT2D eigenvalue weighted by Gasteiger charge is 2.42. The first kappa shape index (κ1) is 12.4. The van der Waals surface area contributed by atoms with Gasteiger partial charge in [-0.1, -0.05) is 18.2 Å². The lowest BCUT2D eigenvalue weighted by Crippen LogP contribution is -2.54. The fourth-order valence-corrected chi connectivity index (χ4v) is 2.46. The highest BCUT2D eigenvalue weighted by atomic mass is 16.6. The lowest BCUT2D eigenvalue weighted by molar-refractivity contribution is -0.148. The summed E-state index contributed by atoms with van der Waals surface area (Å²) in [6, 6.07) is 9.89. The van der Waals surface area contributed by atoms with Crippen LogP contribution >= 0.6 is 0 Å². The predicted octanol–water partition coefficient (Wildman–Crippen LogP) is 2.07. The normalized spacial score (nSPS) is 26.2. The largest absolute Gasteiger partial charge is 0.485 e. The summed E-state index contributed by atoms with van der Waals surface area (Å²) >= 11 is 0. The number of aliphatic hydroxyl groups is 1. The van der Waals surface area contributed by atoms with E-state index in [-0.39, 0.29) is 12.2 Å². The zero-order chi connectivity index (χ0) is 13.4. The van der Waals surface area contributed by atoms with Crippen LogP contribution in [0.1, 0.15) is 12.1 Å². The number of ether oxygens (including phenoxy) is 2. The lowest BCUT2D eigenvalue weighted by atomic mass is 9.88. The third kappa shape index (κ3) is 2.17. The molecule has 0 amide bonds. The SMILES string of the molecule is COC1C(O)CC1Oc1cccc2ccc(C)nc12. The highest BCUT2D eigenvalue weighted by Crippen LogP contribution is 2.31. The molecule has 4 heteroatoms. The number of aliphatic hydroxyl groups excluding tert-OH is 1. The van der Waals surface area contributed by atoms with Crippen molar-refractivity contribution in [2.75, 3.05) is 7.11 Å². The molecule has 1 aliphatic rings. The van der Waals surface area contributed by atoms with Crippen molar-refractivity contribution in [1.82, 2.24) is 4.98 Å². The van der Waals surface area contributed by atoms with Crippen molar-refractivity contribution >= 4 is 10.9 Å². The van der Waals surface area contributed by atoms with Crippen LogP contribution in [0, 0.1) is 6.92 Å². The van der Waals surface area contributed by atoms with Gasteiger partial charge in [0.05, 0.1) is 6.10 Å². The minimum absolute atomic E-state index is 0.104. The molecule has 1 heterocycles. The topological polar surface area (TPSA) is 51.6 Å². The number of pyridine rings is 1. The van der Waals surface area contributed by atoms with Crippen LogP contribution in [0.25, 0.3) is 10.9 Å². The molecule has 3 atom stereocenters. The molecule has 4 nitrogen and oxygen atoms in total. The molecule has 0 aliphatic heterocycles. The lowest BCUT2D eigenvalue weighted by Gasteiger charge is -2.40. The van der Waals surface area contributed by atoms with E-state index in [1.807, 2.05) is 37.3 Å². The number of hydrogen-bond donors (Lipinski definition) is 1. The second kappa shape index (κ2) is 4.79. The second-order valence-electron chi connectivity index (χ2n) is 4.94. The maximum atomic E-state index is 9.59. The summed E-state index contributed by atoms with van der Waals surface area (Å²) < 4.78 is 11.2. The summed E-state index contributed by atoms with van der Waals surface area (Å²) in [5.41, 5.74) is 1.82. The Bertz CT molecular complexity index is 599. The van der Waals surface area contributed by atoms with E-state index in [0.29, 0.717) is 6.42 Å². The molecule has 3 rings (SSSR count). The third-order valence-electron chi connectivity index (χ3n) is 3.59. The maximum Gasteiger partial charge on any atom is 0.146 e. The van der Waals surface area contributed by atoms with Crippen molar-refractivity contribution in [2.24, 2.45) is 0 Å². The minimum atomic E-state index is -0.431. The van der Waals surface area contributed by atoms with Crippen LogP contribution in [0.2, 0.25) is 0 Å². The zero-order valence-corrected chi connectivity index (χ0v) is 11.0. The zero-order valence-electron chi connectivity index (χ0n) is 11.0. The average Bonchev–Trinajstić information content (AvgIpc) is 2.39. The number of fused-ring (bicyclic) bond motifs is 1. The number of methoxy groups -OCH3 is 1. The van der Waals surface area contributed by atoms with Gasteiger partial charge in [-0.3, -0.25) is 0 Å². The second-order valence-corrected chi connectivity index (χ2v) is 4.94. The molecule has 0 bridgehead atoms. The Morgan fingerprint density at radius 2 is 2.11 bits per heavy atom. The van der Waals surface area contributed by atoms with Crippen LogP contribution in [-0.2, 0) is 4.74 Å². The van der Waals surface area contributed by atoms with Gasteiger partial charge in [0.25, 0.3) is 0 Å². The number of para-hydroxylation sites is 1. The number of nitrogens with zero attached hydrogens (tertiary/aromatic N) is 1. The van der Waals surface area contributed by atoms with E-state index < -0.39 is 6.10 Å². The number of hydrogen-bond acceptors (Lipinski definition) is 4. The summed E-state index contributed by atoms with van der Waals surface area (Å²) in [6.07, 6.45) is -0.187. The Morgan fingerprint density at radius 3 is 2.84 bits per heavy atom. The van der Waals surface area contributed by atoms with E-state index in [1.54, 1.807) is 7.11 Å². The smallest absolute Gasteiger partial charge is 0.146 e. The van der Waals surface area contributed by atoms with E-state index in [9.17, 15) is 5.11 Å². The number of aromatic nitrogens is 1. The Morgan fingerprint density at radius 1 is 1.26 bits per heavy atom. The summed E-state index contributed by atoms with van der Waals surface area (Å²) in [7, 11) is 1.59. The Kier molecular flexibility index (Phi) is 3.12. The highest BCUT2D eigenvalue weighted by molar-refractivity contribution is 5.84. The van der Waals surface area contributed by atoms with Crippen LogP contribution in [0.15, 0.2) is 30.3 Å². The molecule has 0 saturated heterocycles. The van der Waals surface area contributed by atoms with E-state index in [0.717, 1.165) is 22.3 Å². The Labute approximate surface area is 112 Å².